The quantitative estimate of drug-likeness (QED) is 0.919. The zero-order chi connectivity index (χ0) is 16.4. The molecule has 1 aromatic heterocycles. The van der Waals surface area contributed by atoms with Gasteiger partial charge in [0.2, 0.25) is 5.91 Å². The number of carbonyl (C=O) groups excluding carboxylic acids is 2. The van der Waals surface area contributed by atoms with Gasteiger partial charge in [-0.25, -0.2) is 4.98 Å². The topological polar surface area (TPSA) is 62.3 Å². The molecule has 0 spiro atoms. The molecule has 7 heteroatoms. The zero-order valence-electron chi connectivity index (χ0n) is 13.0. The van der Waals surface area contributed by atoms with Crippen molar-refractivity contribution in [1.29, 1.82) is 0 Å². The van der Waals surface area contributed by atoms with Crippen molar-refractivity contribution in [3.05, 3.63) is 34.7 Å². The first-order chi connectivity index (χ1) is 11.0. The second-order valence-electron chi connectivity index (χ2n) is 5.44. The van der Waals surface area contributed by atoms with Crippen molar-refractivity contribution >= 4 is 39.4 Å². The molecule has 0 bridgehead atoms. The van der Waals surface area contributed by atoms with E-state index in [1.165, 1.54) is 28.7 Å². The molecule has 1 aliphatic rings. The number of amides is 2. The third-order valence-electron chi connectivity index (χ3n) is 3.60. The van der Waals surface area contributed by atoms with Crippen molar-refractivity contribution in [1.82, 2.24) is 9.88 Å². The average molecular weight is 347 g/mol. The first kappa shape index (κ1) is 16.0. The maximum absolute atomic E-state index is 12.0. The van der Waals surface area contributed by atoms with E-state index in [9.17, 15) is 9.59 Å². The molecule has 0 aliphatic carbocycles. The SMILES string of the molecule is Cc1ccc(C)c(-c2csc(NC(=O)CN3CCSC3=O)n2)c1. The van der Waals surface area contributed by atoms with Gasteiger partial charge in [0.05, 0.1) is 5.69 Å². The highest BCUT2D eigenvalue weighted by Crippen LogP contribution is 2.28. The fourth-order valence-corrected chi connectivity index (χ4v) is 3.92. The van der Waals surface area contributed by atoms with Crippen LogP contribution in [0.5, 0.6) is 0 Å². The molecular formula is C16H17N3O2S2. The molecule has 1 N–H and O–H groups in total. The Kier molecular flexibility index (Phi) is 4.68. The van der Waals surface area contributed by atoms with E-state index in [1.54, 1.807) is 4.90 Å². The van der Waals surface area contributed by atoms with Crippen LogP contribution < -0.4 is 5.32 Å². The van der Waals surface area contributed by atoms with Gasteiger partial charge in [0.1, 0.15) is 6.54 Å². The lowest BCUT2D eigenvalue weighted by atomic mass is 10.0. The monoisotopic (exact) mass is 347 g/mol. The molecule has 0 unspecified atom stereocenters. The summed E-state index contributed by atoms with van der Waals surface area (Å²) in [6.45, 7) is 4.80. The Bertz CT molecular complexity index is 758. The van der Waals surface area contributed by atoms with Crippen LogP contribution in [0, 0.1) is 13.8 Å². The van der Waals surface area contributed by atoms with Gasteiger partial charge in [-0.3, -0.25) is 9.59 Å². The van der Waals surface area contributed by atoms with Crippen LogP contribution in [0.1, 0.15) is 11.1 Å². The lowest BCUT2D eigenvalue weighted by Gasteiger charge is -2.12. The number of nitrogens with one attached hydrogen (secondary N) is 1. The van der Waals surface area contributed by atoms with Gasteiger partial charge in [0.15, 0.2) is 5.13 Å². The summed E-state index contributed by atoms with van der Waals surface area (Å²) < 4.78 is 0. The van der Waals surface area contributed by atoms with Crippen LogP contribution in [-0.4, -0.2) is 39.9 Å². The van der Waals surface area contributed by atoms with E-state index in [2.05, 4.69) is 28.5 Å². The van der Waals surface area contributed by atoms with Crippen molar-refractivity contribution in [2.45, 2.75) is 13.8 Å². The average Bonchev–Trinajstić information content (AvgIpc) is 3.12. The number of rotatable bonds is 4. The minimum absolute atomic E-state index is 0.0321. The second-order valence-corrected chi connectivity index (χ2v) is 7.34. The van der Waals surface area contributed by atoms with Crippen LogP contribution in [0.15, 0.2) is 23.6 Å². The summed E-state index contributed by atoms with van der Waals surface area (Å²) in [5, 5.41) is 5.25. The molecule has 2 aromatic rings. The molecular weight excluding hydrogens is 330 g/mol. The molecule has 23 heavy (non-hydrogen) atoms. The van der Waals surface area contributed by atoms with Crippen molar-refractivity contribution < 1.29 is 9.59 Å². The van der Waals surface area contributed by atoms with Crippen LogP contribution >= 0.6 is 23.1 Å². The van der Waals surface area contributed by atoms with Crippen LogP contribution in [0.2, 0.25) is 0 Å². The summed E-state index contributed by atoms with van der Waals surface area (Å²) in [7, 11) is 0. The summed E-state index contributed by atoms with van der Waals surface area (Å²) in [5.74, 6) is 0.544. The first-order valence-electron chi connectivity index (χ1n) is 7.27. The van der Waals surface area contributed by atoms with E-state index in [1.807, 2.05) is 19.2 Å². The fraction of sp³-hybridized carbons (Fsp3) is 0.312. The summed E-state index contributed by atoms with van der Waals surface area (Å²) in [6.07, 6.45) is 0. The predicted octanol–water partition coefficient (Wildman–Crippen LogP) is 3.53. The summed E-state index contributed by atoms with van der Waals surface area (Å²) in [5.41, 5.74) is 4.26. The predicted molar refractivity (Wildman–Crippen MR) is 95.1 cm³/mol. The molecule has 1 aromatic carbocycles. The second kappa shape index (κ2) is 6.72. The maximum atomic E-state index is 12.0. The van der Waals surface area contributed by atoms with Gasteiger partial charge in [-0.15, -0.1) is 11.3 Å². The highest BCUT2D eigenvalue weighted by Gasteiger charge is 2.23. The molecule has 120 valence electrons. The number of hydrogen-bond acceptors (Lipinski definition) is 5. The van der Waals surface area contributed by atoms with Gasteiger partial charge < -0.3 is 10.2 Å². The molecule has 1 saturated heterocycles. The van der Waals surface area contributed by atoms with Gasteiger partial charge in [-0.2, -0.15) is 0 Å². The minimum atomic E-state index is -0.206. The summed E-state index contributed by atoms with van der Waals surface area (Å²) in [6, 6.07) is 6.23. The number of anilines is 1. The molecule has 3 rings (SSSR count). The summed E-state index contributed by atoms with van der Waals surface area (Å²) in [4.78, 5) is 29.6. The van der Waals surface area contributed by atoms with Crippen molar-refractivity contribution in [2.75, 3.05) is 24.2 Å². The highest BCUT2D eigenvalue weighted by molar-refractivity contribution is 8.13. The number of thiazole rings is 1. The maximum Gasteiger partial charge on any atom is 0.282 e. The van der Waals surface area contributed by atoms with Gasteiger partial charge >= 0.3 is 0 Å². The fourth-order valence-electron chi connectivity index (χ4n) is 2.37. The molecule has 5 nitrogen and oxygen atoms in total. The Labute approximate surface area is 143 Å². The lowest BCUT2D eigenvalue weighted by molar-refractivity contribution is -0.116. The van der Waals surface area contributed by atoms with Crippen LogP contribution in [0.25, 0.3) is 11.3 Å². The number of aryl methyl sites for hydroxylation is 2. The molecule has 0 radical (unpaired) electrons. The Morgan fingerprint density at radius 2 is 2.22 bits per heavy atom. The molecule has 0 atom stereocenters. The van der Waals surface area contributed by atoms with E-state index in [0.717, 1.165) is 22.6 Å². The van der Waals surface area contributed by atoms with E-state index in [0.29, 0.717) is 11.7 Å². The van der Waals surface area contributed by atoms with Gasteiger partial charge in [0.25, 0.3) is 5.24 Å². The van der Waals surface area contributed by atoms with Crippen molar-refractivity contribution in [3.8, 4) is 11.3 Å². The minimum Gasteiger partial charge on any atom is -0.323 e. The largest absolute Gasteiger partial charge is 0.323 e. The van der Waals surface area contributed by atoms with Crippen LogP contribution in [0.3, 0.4) is 0 Å². The first-order valence-corrected chi connectivity index (χ1v) is 9.14. The standard InChI is InChI=1S/C16H17N3O2S2/c1-10-3-4-11(2)12(7-10)13-9-23-15(17-13)18-14(20)8-19-5-6-22-16(19)21/h3-4,7,9H,5-6,8H2,1-2H3,(H,17,18,20). The molecule has 2 heterocycles. The van der Waals surface area contributed by atoms with E-state index < -0.39 is 0 Å². The third kappa shape index (κ3) is 3.73. The summed E-state index contributed by atoms with van der Waals surface area (Å²) >= 11 is 2.65. The number of aromatic nitrogens is 1. The number of thioether (sulfide) groups is 1. The number of benzene rings is 1. The number of nitrogens with zero attached hydrogens (tertiary/aromatic N) is 2. The van der Waals surface area contributed by atoms with Crippen LogP contribution in [-0.2, 0) is 4.79 Å². The zero-order valence-corrected chi connectivity index (χ0v) is 14.6. The van der Waals surface area contributed by atoms with E-state index in [4.69, 9.17) is 0 Å². The molecule has 2 amide bonds. The van der Waals surface area contributed by atoms with Gasteiger partial charge in [0, 0.05) is 23.2 Å². The van der Waals surface area contributed by atoms with Gasteiger partial charge in [-0.1, -0.05) is 29.5 Å². The van der Waals surface area contributed by atoms with E-state index >= 15 is 0 Å². The Hall–Kier alpha value is -1.86. The molecule has 1 fully saturated rings. The van der Waals surface area contributed by atoms with Crippen molar-refractivity contribution in [3.63, 3.8) is 0 Å². The smallest absolute Gasteiger partial charge is 0.282 e. The molecule has 0 saturated carbocycles. The van der Waals surface area contributed by atoms with Crippen molar-refractivity contribution in [2.24, 2.45) is 0 Å². The third-order valence-corrected chi connectivity index (χ3v) is 5.25. The Morgan fingerprint density at radius 1 is 1.39 bits per heavy atom. The normalized spacial score (nSPS) is 14.3. The highest BCUT2D eigenvalue weighted by atomic mass is 32.2. The Balaban J connectivity index is 1.68. The number of carbonyl (C=O) groups is 2. The molecule has 1 aliphatic heterocycles. The Morgan fingerprint density at radius 3 is 2.96 bits per heavy atom. The van der Waals surface area contributed by atoms with Gasteiger partial charge in [-0.05, 0) is 25.5 Å². The lowest BCUT2D eigenvalue weighted by Crippen LogP contribution is -2.33. The van der Waals surface area contributed by atoms with E-state index in [-0.39, 0.29) is 17.7 Å². The number of hydrogen-bond donors (Lipinski definition) is 1. The van der Waals surface area contributed by atoms with Crippen LogP contribution in [0.4, 0.5) is 9.93 Å².